The van der Waals surface area contributed by atoms with Crippen molar-refractivity contribution in [1.29, 1.82) is 0 Å². The summed E-state index contributed by atoms with van der Waals surface area (Å²) in [5.41, 5.74) is 2.12. The van der Waals surface area contributed by atoms with Gasteiger partial charge in [0, 0.05) is 32.6 Å². The van der Waals surface area contributed by atoms with Gasteiger partial charge in [-0.2, -0.15) is 0 Å². The zero-order chi connectivity index (χ0) is 16.8. The van der Waals surface area contributed by atoms with Gasteiger partial charge in [-0.3, -0.25) is 4.79 Å². The van der Waals surface area contributed by atoms with E-state index in [0.717, 1.165) is 17.7 Å². The number of hydrogen-bond acceptors (Lipinski definition) is 5. The fraction of sp³-hybridized carbons (Fsp3) is 0.588. The largest absolute Gasteiger partial charge is 0.493 e. The highest BCUT2D eigenvalue weighted by molar-refractivity contribution is 5.76. The molecule has 1 amide bonds. The monoisotopic (exact) mass is 322 g/mol. The number of hydrogen-bond donors (Lipinski definition) is 1. The molecule has 6 heteroatoms. The summed E-state index contributed by atoms with van der Waals surface area (Å²) in [6, 6.07) is 3.97. The number of methoxy groups -OCH3 is 2. The van der Waals surface area contributed by atoms with Crippen LogP contribution in [0.5, 0.6) is 11.5 Å². The molecule has 0 radical (unpaired) electrons. The molecule has 0 aliphatic carbocycles. The van der Waals surface area contributed by atoms with Gasteiger partial charge < -0.3 is 24.4 Å². The molecule has 1 saturated heterocycles. The summed E-state index contributed by atoms with van der Waals surface area (Å²) in [7, 11) is 5.05. The fourth-order valence-corrected chi connectivity index (χ4v) is 2.65. The maximum Gasteiger partial charge on any atom is 0.224 e. The average Bonchev–Trinajstić information content (AvgIpc) is 2.57. The SMILES string of the molecule is COc1cc(C)c(CN(C)C(=O)CC2COCCN2)cc1OC. The summed E-state index contributed by atoms with van der Waals surface area (Å²) in [5, 5.41) is 3.30. The predicted molar refractivity (Wildman–Crippen MR) is 88.0 cm³/mol. The molecule has 23 heavy (non-hydrogen) atoms. The second-order valence-corrected chi connectivity index (χ2v) is 5.81. The molecule has 1 atom stereocenters. The van der Waals surface area contributed by atoms with Crippen molar-refractivity contribution in [3.63, 3.8) is 0 Å². The van der Waals surface area contributed by atoms with Crippen molar-refractivity contribution >= 4 is 5.91 Å². The standard InChI is InChI=1S/C17H26N2O4/c1-12-7-15(21-3)16(22-4)8-13(12)10-19(2)17(20)9-14-11-23-6-5-18-14/h7-8,14,18H,5-6,9-11H2,1-4H3. The number of aryl methyl sites for hydroxylation is 1. The first kappa shape index (κ1) is 17.6. The molecule has 0 saturated carbocycles. The second kappa shape index (κ2) is 8.17. The van der Waals surface area contributed by atoms with E-state index in [-0.39, 0.29) is 11.9 Å². The van der Waals surface area contributed by atoms with Gasteiger partial charge in [0.25, 0.3) is 0 Å². The van der Waals surface area contributed by atoms with Crippen LogP contribution in [0.25, 0.3) is 0 Å². The van der Waals surface area contributed by atoms with E-state index in [0.29, 0.717) is 37.7 Å². The fourth-order valence-electron chi connectivity index (χ4n) is 2.65. The molecule has 0 aromatic heterocycles. The molecule has 1 unspecified atom stereocenters. The second-order valence-electron chi connectivity index (χ2n) is 5.81. The third-order valence-electron chi connectivity index (χ3n) is 4.09. The minimum absolute atomic E-state index is 0.0992. The Morgan fingerprint density at radius 2 is 2.04 bits per heavy atom. The quantitative estimate of drug-likeness (QED) is 0.857. The highest BCUT2D eigenvalue weighted by Crippen LogP contribution is 2.30. The minimum atomic E-state index is 0.0992. The van der Waals surface area contributed by atoms with Crippen LogP contribution in [-0.2, 0) is 16.1 Å². The zero-order valence-corrected chi connectivity index (χ0v) is 14.3. The summed E-state index contributed by atoms with van der Waals surface area (Å²) in [4.78, 5) is 14.1. The lowest BCUT2D eigenvalue weighted by Gasteiger charge is -2.26. The van der Waals surface area contributed by atoms with Gasteiger partial charge in [0.2, 0.25) is 5.91 Å². The van der Waals surface area contributed by atoms with Gasteiger partial charge in [-0.15, -0.1) is 0 Å². The van der Waals surface area contributed by atoms with Crippen LogP contribution in [0.4, 0.5) is 0 Å². The summed E-state index contributed by atoms with van der Waals surface area (Å²) < 4.78 is 16.0. The number of morpholine rings is 1. The summed E-state index contributed by atoms with van der Waals surface area (Å²) >= 11 is 0. The summed E-state index contributed by atoms with van der Waals surface area (Å²) in [6.45, 7) is 4.65. The highest BCUT2D eigenvalue weighted by atomic mass is 16.5. The van der Waals surface area contributed by atoms with E-state index in [9.17, 15) is 4.79 Å². The number of carbonyl (C=O) groups excluding carboxylic acids is 1. The van der Waals surface area contributed by atoms with E-state index < -0.39 is 0 Å². The minimum Gasteiger partial charge on any atom is -0.493 e. The molecule has 0 bridgehead atoms. The van der Waals surface area contributed by atoms with E-state index in [4.69, 9.17) is 14.2 Å². The number of benzene rings is 1. The molecule has 128 valence electrons. The lowest BCUT2D eigenvalue weighted by molar-refractivity contribution is -0.131. The van der Waals surface area contributed by atoms with Crippen molar-refractivity contribution in [2.24, 2.45) is 0 Å². The summed E-state index contributed by atoms with van der Waals surface area (Å²) in [5.74, 6) is 1.48. The van der Waals surface area contributed by atoms with Crippen LogP contribution in [0.15, 0.2) is 12.1 Å². The molecule has 1 aromatic rings. The van der Waals surface area contributed by atoms with Gasteiger partial charge in [-0.05, 0) is 30.2 Å². The van der Waals surface area contributed by atoms with Crippen molar-refractivity contribution < 1.29 is 19.0 Å². The van der Waals surface area contributed by atoms with Crippen molar-refractivity contribution in [3.05, 3.63) is 23.3 Å². The Hall–Kier alpha value is -1.79. The third-order valence-corrected chi connectivity index (χ3v) is 4.09. The Bertz CT molecular complexity index is 542. The Morgan fingerprint density at radius 3 is 2.65 bits per heavy atom. The molecular weight excluding hydrogens is 296 g/mol. The highest BCUT2D eigenvalue weighted by Gasteiger charge is 2.20. The van der Waals surface area contributed by atoms with Crippen LogP contribution in [0.1, 0.15) is 17.5 Å². The number of amides is 1. The average molecular weight is 322 g/mol. The van der Waals surface area contributed by atoms with Gasteiger partial charge in [0.1, 0.15) is 0 Å². The number of ether oxygens (including phenoxy) is 3. The molecule has 0 spiro atoms. The van der Waals surface area contributed by atoms with Gasteiger partial charge in [0.05, 0.1) is 27.4 Å². The van der Waals surface area contributed by atoms with Crippen LogP contribution in [0, 0.1) is 6.92 Å². The molecule has 6 nitrogen and oxygen atoms in total. The maximum atomic E-state index is 12.4. The van der Waals surface area contributed by atoms with E-state index in [1.54, 1.807) is 19.1 Å². The van der Waals surface area contributed by atoms with Crippen LogP contribution < -0.4 is 14.8 Å². The molecular formula is C17H26N2O4. The Labute approximate surface area is 137 Å². The first-order chi connectivity index (χ1) is 11.0. The van der Waals surface area contributed by atoms with Crippen LogP contribution in [0.2, 0.25) is 0 Å². The molecule has 1 N–H and O–H groups in total. The van der Waals surface area contributed by atoms with Gasteiger partial charge in [-0.1, -0.05) is 0 Å². The van der Waals surface area contributed by atoms with Crippen molar-refractivity contribution in [3.8, 4) is 11.5 Å². The predicted octanol–water partition coefficient (Wildman–Crippen LogP) is 1.35. The van der Waals surface area contributed by atoms with Crippen molar-refractivity contribution in [2.45, 2.75) is 25.9 Å². The zero-order valence-electron chi connectivity index (χ0n) is 14.3. The van der Waals surface area contributed by atoms with E-state index in [2.05, 4.69) is 5.32 Å². The lowest BCUT2D eigenvalue weighted by Crippen LogP contribution is -2.44. The number of nitrogens with one attached hydrogen (secondary N) is 1. The first-order valence-electron chi connectivity index (χ1n) is 7.81. The van der Waals surface area contributed by atoms with E-state index in [1.807, 2.05) is 26.1 Å². The van der Waals surface area contributed by atoms with Crippen molar-refractivity contribution in [2.75, 3.05) is 41.0 Å². The van der Waals surface area contributed by atoms with Crippen LogP contribution in [0.3, 0.4) is 0 Å². The van der Waals surface area contributed by atoms with E-state index >= 15 is 0 Å². The Balaban J connectivity index is 2.01. The Morgan fingerprint density at radius 1 is 1.35 bits per heavy atom. The molecule has 1 fully saturated rings. The maximum absolute atomic E-state index is 12.4. The van der Waals surface area contributed by atoms with Gasteiger partial charge in [-0.25, -0.2) is 0 Å². The topological polar surface area (TPSA) is 60.0 Å². The van der Waals surface area contributed by atoms with Crippen molar-refractivity contribution in [1.82, 2.24) is 10.2 Å². The number of rotatable bonds is 6. The normalized spacial score (nSPS) is 17.7. The first-order valence-corrected chi connectivity index (χ1v) is 7.81. The number of carbonyl (C=O) groups is 1. The molecule has 1 aromatic carbocycles. The number of nitrogens with zero attached hydrogens (tertiary/aromatic N) is 1. The van der Waals surface area contributed by atoms with Crippen LogP contribution >= 0.6 is 0 Å². The van der Waals surface area contributed by atoms with Crippen LogP contribution in [-0.4, -0.2) is 57.9 Å². The molecule has 2 rings (SSSR count). The Kier molecular flexibility index (Phi) is 6.24. The molecule has 1 aliphatic rings. The smallest absolute Gasteiger partial charge is 0.224 e. The van der Waals surface area contributed by atoms with Gasteiger partial charge >= 0.3 is 0 Å². The molecule has 1 aliphatic heterocycles. The van der Waals surface area contributed by atoms with E-state index in [1.165, 1.54) is 0 Å². The summed E-state index contributed by atoms with van der Waals surface area (Å²) in [6.07, 6.45) is 0.447. The van der Waals surface area contributed by atoms with Gasteiger partial charge in [0.15, 0.2) is 11.5 Å². The lowest BCUT2D eigenvalue weighted by atomic mass is 10.1. The molecule has 1 heterocycles. The third kappa shape index (κ3) is 4.59.